The van der Waals surface area contributed by atoms with Crippen molar-refractivity contribution in [1.82, 2.24) is 4.90 Å². The molecule has 0 aliphatic carbocycles. The van der Waals surface area contributed by atoms with Crippen LogP contribution >= 0.6 is 24.0 Å². The van der Waals surface area contributed by atoms with Gasteiger partial charge in [0.25, 0.3) is 0 Å². The largest absolute Gasteiger partial charge is 0.393 e. The quantitative estimate of drug-likeness (QED) is 0.859. The van der Waals surface area contributed by atoms with Gasteiger partial charge in [-0.15, -0.1) is 0 Å². The van der Waals surface area contributed by atoms with E-state index in [4.69, 9.17) is 18.0 Å². The third kappa shape index (κ3) is 3.94. The summed E-state index contributed by atoms with van der Waals surface area (Å²) in [6.45, 7) is 1.61. The molecular weight excluding hydrogens is 276 g/mol. The molecule has 0 saturated carbocycles. The lowest BCUT2D eigenvalue weighted by Gasteiger charge is -2.30. The van der Waals surface area contributed by atoms with Crippen LogP contribution in [0.5, 0.6) is 0 Å². The Morgan fingerprint density at radius 2 is 1.95 bits per heavy atom. The van der Waals surface area contributed by atoms with Gasteiger partial charge in [0.05, 0.1) is 10.9 Å². The highest BCUT2D eigenvalue weighted by Crippen LogP contribution is 2.16. The highest BCUT2D eigenvalue weighted by atomic mass is 32.2. The summed E-state index contributed by atoms with van der Waals surface area (Å²) in [5.74, 6) is 1.71. The Morgan fingerprint density at radius 3 is 2.53 bits per heavy atom. The summed E-state index contributed by atoms with van der Waals surface area (Å²) in [4.78, 5) is 14.7. The molecule has 19 heavy (non-hydrogen) atoms. The first kappa shape index (κ1) is 14.3. The molecule has 1 unspecified atom stereocenters. The van der Waals surface area contributed by atoms with Gasteiger partial charge in [-0.05, 0) is 12.0 Å². The van der Waals surface area contributed by atoms with Gasteiger partial charge in [0.2, 0.25) is 5.91 Å². The molecule has 1 atom stereocenters. The maximum Gasteiger partial charge on any atom is 0.232 e. The first-order chi connectivity index (χ1) is 9.18. The van der Waals surface area contributed by atoms with Crippen LogP contribution in [-0.4, -0.2) is 40.4 Å². The Kier molecular flexibility index (Phi) is 5.22. The molecule has 3 nitrogen and oxygen atoms in total. The Labute approximate surface area is 123 Å². The average molecular weight is 294 g/mol. The highest BCUT2D eigenvalue weighted by molar-refractivity contribution is 7.99. The van der Waals surface area contributed by atoms with E-state index < -0.39 is 0 Å². The zero-order valence-corrected chi connectivity index (χ0v) is 12.4. The highest BCUT2D eigenvalue weighted by Gasteiger charge is 2.27. The normalized spacial score (nSPS) is 16.9. The number of benzene rings is 1. The molecule has 2 rings (SSSR count). The first-order valence-corrected chi connectivity index (χ1v) is 7.94. The molecular formula is C14H18N2OS2. The van der Waals surface area contributed by atoms with Crippen LogP contribution in [0.2, 0.25) is 0 Å². The van der Waals surface area contributed by atoms with Crippen molar-refractivity contribution >= 4 is 34.9 Å². The van der Waals surface area contributed by atoms with Gasteiger partial charge in [0.1, 0.15) is 0 Å². The molecule has 2 N–H and O–H groups in total. The average Bonchev–Trinajstić information content (AvgIpc) is 2.46. The van der Waals surface area contributed by atoms with Crippen LogP contribution in [0.25, 0.3) is 0 Å². The Balaban J connectivity index is 2.07. The lowest BCUT2D eigenvalue weighted by atomic mass is 9.98. The second kappa shape index (κ2) is 6.91. The zero-order chi connectivity index (χ0) is 13.7. The van der Waals surface area contributed by atoms with Crippen LogP contribution in [0.4, 0.5) is 0 Å². The number of hydrogen-bond donors (Lipinski definition) is 1. The van der Waals surface area contributed by atoms with Crippen LogP contribution in [-0.2, 0) is 11.2 Å². The van der Waals surface area contributed by atoms with Gasteiger partial charge in [-0.2, -0.15) is 11.8 Å². The number of thiocarbonyl (C=S) groups is 1. The van der Waals surface area contributed by atoms with Crippen molar-refractivity contribution in [2.24, 2.45) is 11.7 Å². The second-order valence-corrected chi connectivity index (χ2v) is 6.28. The Morgan fingerprint density at radius 1 is 1.32 bits per heavy atom. The van der Waals surface area contributed by atoms with Crippen molar-refractivity contribution in [3.63, 3.8) is 0 Å². The summed E-state index contributed by atoms with van der Waals surface area (Å²) in [7, 11) is 0. The summed E-state index contributed by atoms with van der Waals surface area (Å²) in [6.07, 6.45) is 0.596. The predicted molar refractivity (Wildman–Crippen MR) is 84.3 cm³/mol. The van der Waals surface area contributed by atoms with Gasteiger partial charge in [-0.3, -0.25) is 4.79 Å². The van der Waals surface area contributed by atoms with Crippen molar-refractivity contribution in [2.45, 2.75) is 6.42 Å². The number of rotatable bonds is 4. The summed E-state index contributed by atoms with van der Waals surface area (Å²) in [5, 5.41) is 0. The fourth-order valence-corrected chi connectivity index (χ4v) is 3.25. The van der Waals surface area contributed by atoms with Crippen molar-refractivity contribution in [3.05, 3.63) is 35.9 Å². The molecule has 102 valence electrons. The number of nitrogens with zero attached hydrogens (tertiary/aromatic N) is 1. The van der Waals surface area contributed by atoms with Crippen molar-refractivity contribution in [3.8, 4) is 0 Å². The van der Waals surface area contributed by atoms with E-state index in [9.17, 15) is 4.79 Å². The molecule has 1 aromatic carbocycles. The summed E-state index contributed by atoms with van der Waals surface area (Å²) in [5.41, 5.74) is 6.87. The third-order valence-electron chi connectivity index (χ3n) is 3.25. The van der Waals surface area contributed by atoms with Crippen LogP contribution < -0.4 is 5.73 Å². The zero-order valence-electron chi connectivity index (χ0n) is 10.7. The molecule has 1 aliphatic heterocycles. The first-order valence-electron chi connectivity index (χ1n) is 6.38. The number of carbonyl (C=O) groups excluding carboxylic acids is 1. The van der Waals surface area contributed by atoms with Gasteiger partial charge < -0.3 is 10.6 Å². The van der Waals surface area contributed by atoms with E-state index in [2.05, 4.69) is 0 Å². The fourth-order valence-electron chi connectivity index (χ4n) is 2.16. The van der Waals surface area contributed by atoms with Crippen LogP contribution in [0, 0.1) is 5.92 Å². The number of hydrogen-bond acceptors (Lipinski definition) is 3. The van der Waals surface area contributed by atoms with E-state index >= 15 is 0 Å². The molecule has 1 amide bonds. The lowest BCUT2D eigenvalue weighted by Crippen LogP contribution is -2.45. The number of thioether (sulfide) groups is 1. The van der Waals surface area contributed by atoms with E-state index in [1.54, 1.807) is 0 Å². The Hall–Kier alpha value is -1.07. The van der Waals surface area contributed by atoms with E-state index in [1.165, 1.54) is 0 Å². The van der Waals surface area contributed by atoms with E-state index in [1.807, 2.05) is 47.0 Å². The third-order valence-corrected chi connectivity index (χ3v) is 4.47. The van der Waals surface area contributed by atoms with Crippen LogP contribution in [0.1, 0.15) is 5.56 Å². The topological polar surface area (TPSA) is 46.3 Å². The minimum absolute atomic E-state index is 0.0802. The molecule has 1 saturated heterocycles. The van der Waals surface area contributed by atoms with Gasteiger partial charge in [-0.1, -0.05) is 42.5 Å². The minimum Gasteiger partial charge on any atom is -0.393 e. The predicted octanol–water partition coefficient (Wildman–Crippen LogP) is 1.71. The maximum atomic E-state index is 12.5. The minimum atomic E-state index is -0.375. The standard InChI is InChI=1S/C14H18N2OS2/c15-13(18)12(10-11-4-2-1-3-5-11)14(17)16-6-8-19-9-7-16/h1-5,12H,6-10H2,(H2,15,18). The molecule has 1 heterocycles. The van der Waals surface area contributed by atoms with E-state index in [0.717, 1.165) is 30.2 Å². The molecule has 1 aromatic rings. The van der Waals surface area contributed by atoms with Crippen molar-refractivity contribution in [2.75, 3.05) is 24.6 Å². The van der Waals surface area contributed by atoms with Gasteiger partial charge in [0, 0.05) is 24.6 Å². The summed E-state index contributed by atoms with van der Waals surface area (Å²) < 4.78 is 0. The molecule has 0 aromatic heterocycles. The molecule has 0 spiro atoms. The summed E-state index contributed by atoms with van der Waals surface area (Å²) in [6, 6.07) is 9.90. The number of amides is 1. The molecule has 1 fully saturated rings. The lowest BCUT2D eigenvalue weighted by molar-refractivity contribution is -0.132. The fraction of sp³-hybridized carbons (Fsp3) is 0.429. The van der Waals surface area contributed by atoms with Crippen LogP contribution in [0.3, 0.4) is 0 Å². The van der Waals surface area contributed by atoms with Gasteiger partial charge in [0.15, 0.2) is 0 Å². The Bertz CT molecular complexity index is 444. The molecule has 0 radical (unpaired) electrons. The van der Waals surface area contributed by atoms with Gasteiger partial charge in [-0.25, -0.2) is 0 Å². The maximum absolute atomic E-state index is 12.5. The second-order valence-electron chi connectivity index (χ2n) is 4.58. The van der Waals surface area contributed by atoms with Crippen molar-refractivity contribution < 1.29 is 4.79 Å². The van der Waals surface area contributed by atoms with Crippen LogP contribution in [0.15, 0.2) is 30.3 Å². The van der Waals surface area contributed by atoms with E-state index in [-0.39, 0.29) is 11.8 Å². The van der Waals surface area contributed by atoms with E-state index in [0.29, 0.717) is 11.4 Å². The number of nitrogens with two attached hydrogens (primary N) is 1. The smallest absolute Gasteiger partial charge is 0.232 e. The molecule has 0 bridgehead atoms. The molecule has 1 aliphatic rings. The SMILES string of the molecule is NC(=S)C(Cc1ccccc1)C(=O)N1CCSCC1. The summed E-state index contributed by atoms with van der Waals surface area (Å²) >= 11 is 6.97. The van der Waals surface area contributed by atoms with Crippen molar-refractivity contribution in [1.29, 1.82) is 0 Å². The monoisotopic (exact) mass is 294 g/mol. The van der Waals surface area contributed by atoms with Gasteiger partial charge >= 0.3 is 0 Å². The number of carbonyl (C=O) groups is 1. The molecule has 5 heteroatoms.